The predicted octanol–water partition coefficient (Wildman–Crippen LogP) is 7.26. The molecule has 0 spiro atoms. The Morgan fingerprint density at radius 2 is 0.761 bits per heavy atom. The molecule has 1 atom stereocenters. The molecule has 0 aromatic heterocycles. The first-order valence-corrected chi connectivity index (χ1v) is 40.1. The number of carbonyl (C=O) groups excluding carboxylic acids is 6. The van der Waals surface area contributed by atoms with Crippen LogP contribution in [0.2, 0.25) is 24.2 Å². The zero-order valence-electron chi connectivity index (χ0n) is 59.9. The fourth-order valence-electron chi connectivity index (χ4n) is 7.24. The Morgan fingerprint density at radius 1 is 0.402 bits per heavy atom. The zero-order chi connectivity index (χ0) is 71.2. The largest absolute Gasteiger partial charge is 0.500 e. The van der Waals surface area contributed by atoms with Crippen molar-refractivity contribution in [2.45, 2.75) is 178 Å². The monoisotopic (exact) mass is 1400 g/mol. The van der Waals surface area contributed by atoms with Gasteiger partial charge in [-0.3, -0.25) is 14.4 Å². The van der Waals surface area contributed by atoms with Crippen LogP contribution in [-0.2, 0) is 110 Å². The third-order valence-electron chi connectivity index (χ3n) is 11.7. The summed E-state index contributed by atoms with van der Waals surface area (Å²) in [4.78, 5) is 66.7. The maximum absolute atomic E-state index is 12.0. The molecule has 0 aliphatic carbocycles. The first-order valence-electron chi connectivity index (χ1n) is 32.4. The van der Waals surface area contributed by atoms with E-state index in [9.17, 15) is 28.8 Å². The average Bonchev–Trinajstić information content (AvgIpc) is 1.28. The van der Waals surface area contributed by atoms with Crippen LogP contribution in [0, 0.1) is 0 Å². The van der Waals surface area contributed by atoms with Gasteiger partial charge in [0.1, 0.15) is 6.04 Å². The van der Waals surface area contributed by atoms with Gasteiger partial charge in [0.2, 0.25) is 0 Å². The maximum Gasteiger partial charge on any atom is 0.500 e. The van der Waals surface area contributed by atoms with Gasteiger partial charge < -0.3 is 104 Å². The van der Waals surface area contributed by atoms with Gasteiger partial charge in [0.05, 0.1) is 52.5 Å². The molecular formula is C60H128N4O24Si4. The van der Waals surface area contributed by atoms with Gasteiger partial charge in [-0.1, -0.05) is 33.3 Å². The van der Waals surface area contributed by atoms with Crippen LogP contribution in [-0.4, -0.2) is 232 Å². The van der Waals surface area contributed by atoms with Crippen molar-refractivity contribution in [3.8, 4) is 0 Å². The summed E-state index contributed by atoms with van der Waals surface area (Å²) in [6.07, 6.45) is 10.9. The molecule has 0 bridgehead atoms. The van der Waals surface area contributed by atoms with Crippen LogP contribution in [0.5, 0.6) is 0 Å². The average molecular weight is 1400 g/mol. The van der Waals surface area contributed by atoms with E-state index in [4.69, 9.17) is 78.8 Å². The molecular weight excluding hydrogens is 1270 g/mol. The van der Waals surface area contributed by atoms with E-state index < -0.39 is 65.1 Å². The van der Waals surface area contributed by atoms with Gasteiger partial charge in [-0.25, -0.2) is 14.4 Å². The van der Waals surface area contributed by atoms with Crippen LogP contribution >= 0.6 is 0 Å². The molecule has 32 heteroatoms. The quantitative estimate of drug-likeness (QED) is 0.0153. The Hall–Kier alpha value is -3.47. The van der Waals surface area contributed by atoms with Crippen molar-refractivity contribution in [2.75, 3.05) is 155 Å². The SMILES string of the molecule is C=CC(=O)OCCCC.CCCCOC(=O)CCNCCC[Si](OC)(OC)OC.CCOC(=O)/C=C\C(=O)OCC.CCOC(=O)CC(NCCC[Si](OCC)(OCC)OCC)C(=O)OCC.CCO[Si](CCCN)(OCC)OCC.CO[Si](CCCN)(OC)OC. The fraction of sp³-hybridized carbons (Fsp3) is 0.833. The van der Waals surface area contributed by atoms with Crippen molar-refractivity contribution < 1.29 is 110 Å². The van der Waals surface area contributed by atoms with Crippen molar-refractivity contribution in [3.05, 3.63) is 24.8 Å². The molecule has 0 heterocycles. The summed E-state index contributed by atoms with van der Waals surface area (Å²) in [7, 11) is -0.219. The Kier molecular flexibility index (Phi) is 77.7. The lowest BCUT2D eigenvalue weighted by atomic mass is 10.2. The standard InChI is InChI=1S/C17H35NO7Si.C13H29NO5Si.C9H23NO3Si.C8H12O4.C7H12O2.C6H17NO3Si/c1-6-21-16(19)14-15(17(20)22-7-2)18-12-11-13-26(23-8-3,24-9-4)25-10-5;1-5-6-11-19-13(15)8-10-14-9-7-12-20(16-2,17-3)18-4;1-4-11-14(12-5-2,13-6-3)9-7-8-10;1-3-11-7(9)5-6-8(10)12-4-2;1-3-5-6-9-7(8)4-2;1-8-11(9-2,10-3)6-4-5-7/h15,18H,6-14H2,1-5H3;14H,5-12H2,1-4H3;4-10H2,1-3H3;5-6H,3-4H2,1-2H3;4H,2-3,5-6H2,1H3;4-7H2,1-3H3/b;;;6-5-;;. The van der Waals surface area contributed by atoms with Gasteiger partial charge in [-0.05, 0) is 134 Å². The van der Waals surface area contributed by atoms with E-state index in [1.165, 1.54) is 6.08 Å². The Morgan fingerprint density at radius 3 is 1.11 bits per heavy atom. The smallest absolute Gasteiger partial charge is 0.466 e. The van der Waals surface area contributed by atoms with Crippen LogP contribution in [0.1, 0.15) is 147 Å². The van der Waals surface area contributed by atoms with E-state index in [2.05, 4.69) is 38.3 Å². The van der Waals surface area contributed by atoms with Crippen LogP contribution in [0.4, 0.5) is 0 Å². The number of carbonyl (C=O) groups is 6. The molecule has 28 nitrogen and oxygen atoms in total. The highest BCUT2D eigenvalue weighted by atomic mass is 28.4. The minimum atomic E-state index is -2.70. The van der Waals surface area contributed by atoms with E-state index in [1.807, 2.05) is 48.5 Å². The number of unbranched alkanes of at least 4 members (excludes halogenated alkanes) is 2. The molecule has 0 saturated carbocycles. The minimum Gasteiger partial charge on any atom is -0.466 e. The first-order chi connectivity index (χ1) is 44.1. The van der Waals surface area contributed by atoms with Crippen molar-refractivity contribution in [2.24, 2.45) is 11.5 Å². The summed E-state index contributed by atoms with van der Waals surface area (Å²) < 4.78 is 94.6. The lowest BCUT2D eigenvalue weighted by Crippen LogP contribution is -2.47. The van der Waals surface area contributed by atoms with E-state index in [0.29, 0.717) is 111 Å². The summed E-state index contributed by atoms with van der Waals surface area (Å²) in [5.41, 5.74) is 10.8. The second-order valence-corrected chi connectivity index (χ2v) is 30.1. The van der Waals surface area contributed by atoms with Crippen LogP contribution in [0.3, 0.4) is 0 Å². The van der Waals surface area contributed by atoms with E-state index >= 15 is 0 Å². The topological polar surface area (TPSA) is 345 Å². The molecule has 0 radical (unpaired) electrons. The van der Waals surface area contributed by atoms with Crippen molar-refractivity contribution >= 4 is 71.0 Å². The third kappa shape index (κ3) is 59.1. The highest BCUT2D eigenvalue weighted by molar-refractivity contribution is 6.61. The van der Waals surface area contributed by atoms with Gasteiger partial charge in [-0.15, -0.1) is 0 Å². The molecule has 0 fully saturated rings. The molecule has 0 aliphatic heterocycles. The van der Waals surface area contributed by atoms with Crippen LogP contribution < -0.4 is 22.1 Å². The Bertz CT molecular complexity index is 1690. The second-order valence-electron chi connectivity index (χ2n) is 18.5. The Labute approximate surface area is 558 Å². The minimum absolute atomic E-state index is 0.0579. The van der Waals surface area contributed by atoms with Gasteiger partial charge in [0, 0.05) is 131 Å². The summed E-state index contributed by atoms with van der Waals surface area (Å²) in [5, 5.41) is 6.28. The number of ether oxygens (including phenoxy) is 6. The van der Waals surface area contributed by atoms with E-state index in [1.54, 1.807) is 70.4 Å². The maximum atomic E-state index is 12.0. The molecule has 92 heavy (non-hydrogen) atoms. The Balaban J connectivity index is -0.000000251. The third-order valence-corrected chi connectivity index (χ3v) is 23.6. The molecule has 0 amide bonds. The number of hydrogen-bond acceptors (Lipinski definition) is 28. The van der Waals surface area contributed by atoms with Crippen LogP contribution in [0.25, 0.3) is 0 Å². The fourth-order valence-corrected chi connectivity index (χ4v) is 16.0. The molecule has 0 rings (SSSR count). The second kappa shape index (κ2) is 71.8. The van der Waals surface area contributed by atoms with Gasteiger partial charge >= 0.3 is 71.0 Å². The number of esters is 6. The van der Waals surface area contributed by atoms with Crippen molar-refractivity contribution in [1.82, 2.24) is 10.6 Å². The number of hydrogen-bond donors (Lipinski definition) is 4. The van der Waals surface area contributed by atoms with E-state index in [-0.39, 0.29) is 31.6 Å². The lowest BCUT2D eigenvalue weighted by molar-refractivity contribution is -0.152. The predicted molar refractivity (Wildman–Crippen MR) is 362 cm³/mol. The zero-order valence-corrected chi connectivity index (χ0v) is 63.9. The van der Waals surface area contributed by atoms with Gasteiger partial charge in [0.15, 0.2) is 0 Å². The van der Waals surface area contributed by atoms with Crippen molar-refractivity contribution in [1.29, 1.82) is 0 Å². The normalized spacial score (nSPS) is 11.5. The number of nitrogens with two attached hydrogens (primary N) is 2. The summed E-state index contributed by atoms with van der Waals surface area (Å²) in [6.45, 7) is 34.7. The van der Waals surface area contributed by atoms with Gasteiger partial charge in [-0.2, -0.15) is 0 Å². The molecule has 0 aromatic carbocycles. The van der Waals surface area contributed by atoms with Gasteiger partial charge in [0.25, 0.3) is 0 Å². The molecule has 6 N–H and O–H groups in total. The van der Waals surface area contributed by atoms with Crippen molar-refractivity contribution in [3.63, 3.8) is 0 Å². The molecule has 0 saturated heterocycles. The number of rotatable bonds is 52. The summed E-state index contributed by atoms with van der Waals surface area (Å²) in [6, 6.07) is 2.26. The van der Waals surface area contributed by atoms with E-state index in [0.717, 1.165) is 81.8 Å². The molecule has 548 valence electrons. The summed E-state index contributed by atoms with van der Waals surface area (Å²) in [5.74, 6) is -2.43. The highest BCUT2D eigenvalue weighted by Gasteiger charge is 2.41. The first kappa shape index (κ1) is 99.6. The molecule has 1 unspecified atom stereocenters. The molecule has 0 aliphatic rings. The number of nitrogens with one attached hydrogen (secondary N) is 2. The van der Waals surface area contributed by atoms with Crippen LogP contribution in [0.15, 0.2) is 24.8 Å². The lowest BCUT2D eigenvalue weighted by Gasteiger charge is -2.28. The summed E-state index contributed by atoms with van der Waals surface area (Å²) >= 11 is 0. The molecule has 0 aromatic rings. The highest BCUT2D eigenvalue weighted by Crippen LogP contribution is 2.20.